The highest BCUT2D eigenvalue weighted by Crippen LogP contribution is 2.23. The second kappa shape index (κ2) is 8.17. The van der Waals surface area contributed by atoms with Crippen LogP contribution in [0.4, 0.5) is 10.5 Å². The number of anilines is 1. The second-order valence-corrected chi connectivity index (χ2v) is 8.01. The van der Waals surface area contributed by atoms with Crippen LogP contribution in [-0.4, -0.2) is 79.8 Å². The van der Waals surface area contributed by atoms with Gasteiger partial charge in [-0.25, -0.2) is 4.79 Å². The predicted molar refractivity (Wildman–Crippen MR) is 105 cm³/mol. The summed E-state index contributed by atoms with van der Waals surface area (Å²) in [6.07, 6.45) is -0.309. The fourth-order valence-corrected chi connectivity index (χ4v) is 3.42. The van der Waals surface area contributed by atoms with Crippen molar-refractivity contribution >= 4 is 17.7 Å². The van der Waals surface area contributed by atoms with E-state index in [2.05, 4.69) is 10.2 Å². The first-order valence-corrected chi connectivity index (χ1v) is 9.67. The molecule has 0 radical (unpaired) electrons. The van der Waals surface area contributed by atoms with E-state index in [1.807, 2.05) is 49.9 Å². The third-order valence-corrected chi connectivity index (χ3v) is 4.81. The number of rotatable bonds is 2. The van der Waals surface area contributed by atoms with Gasteiger partial charge in [0.1, 0.15) is 5.60 Å². The zero-order valence-electron chi connectivity index (χ0n) is 16.5. The van der Waals surface area contributed by atoms with Crippen LogP contribution in [-0.2, 0) is 4.74 Å². The lowest BCUT2D eigenvalue weighted by Gasteiger charge is -2.36. The first-order valence-electron chi connectivity index (χ1n) is 9.67. The summed E-state index contributed by atoms with van der Waals surface area (Å²) in [5.74, 6) is 0.0352. The van der Waals surface area contributed by atoms with Crippen LogP contribution in [0.15, 0.2) is 24.3 Å². The van der Waals surface area contributed by atoms with Gasteiger partial charge in [0, 0.05) is 58.0 Å². The maximum Gasteiger partial charge on any atom is 0.410 e. The SMILES string of the molecule is CC(C)(C)OC(=O)N1CCN(C(=O)c2ccccc2N2CCNCC2)CC1. The van der Waals surface area contributed by atoms with Crippen LogP contribution in [0.1, 0.15) is 31.1 Å². The summed E-state index contributed by atoms with van der Waals surface area (Å²) >= 11 is 0. The molecule has 0 aromatic heterocycles. The Morgan fingerprint density at radius 3 is 2.15 bits per heavy atom. The zero-order chi connectivity index (χ0) is 19.4. The molecule has 2 aliphatic rings. The number of nitrogens with zero attached hydrogens (tertiary/aromatic N) is 3. The maximum absolute atomic E-state index is 13.1. The quantitative estimate of drug-likeness (QED) is 0.855. The average Bonchev–Trinajstić information content (AvgIpc) is 2.67. The van der Waals surface area contributed by atoms with E-state index in [-0.39, 0.29) is 12.0 Å². The number of amides is 2. The van der Waals surface area contributed by atoms with Gasteiger partial charge in [0.05, 0.1) is 5.56 Å². The number of carbonyl (C=O) groups excluding carboxylic acids is 2. The van der Waals surface area contributed by atoms with Gasteiger partial charge < -0.3 is 24.8 Å². The summed E-state index contributed by atoms with van der Waals surface area (Å²) in [5.41, 5.74) is 1.23. The number of para-hydroxylation sites is 1. The number of nitrogens with one attached hydrogen (secondary N) is 1. The monoisotopic (exact) mass is 374 g/mol. The molecule has 1 aromatic carbocycles. The van der Waals surface area contributed by atoms with Gasteiger partial charge in [-0.15, -0.1) is 0 Å². The molecule has 2 amide bonds. The lowest BCUT2D eigenvalue weighted by molar-refractivity contribution is 0.0141. The molecule has 1 N–H and O–H groups in total. The molecule has 1 aromatic rings. The number of carbonyl (C=O) groups is 2. The predicted octanol–water partition coefficient (Wildman–Crippen LogP) is 1.79. The average molecular weight is 374 g/mol. The van der Waals surface area contributed by atoms with Crippen molar-refractivity contribution in [3.05, 3.63) is 29.8 Å². The number of benzene rings is 1. The zero-order valence-corrected chi connectivity index (χ0v) is 16.5. The molecular formula is C20H30N4O3. The van der Waals surface area contributed by atoms with Crippen LogP contribution >= 0.6 is 0 Å². The van der Waals surface area contributed by atoms with E-state index in [1.165, 1.54) is 0 Å². The van der Waals surface area contributed by atoms with Crippen LogP contribution in [0.3, 0.4) is 0 Å². The minimum atomic E-state index is -0.508. The van der Waals surface area contributed by atoms with Crippen molar-refractivity contribution in [1.29, 1.82) is 0 Å². The van der Waals surface area contributed by atoms with Crippen molar-refractivity contribution in [2.75, 3.05) is 57.3 Å². The molecule has 7 heteroatoms. The number of hydrogen-bond acceptors (Lipinski definition) is 5. The summed E-state index contributed by atoms with van der Waals surface area (Å²) in [7, 11) is 0. The second-order valence-electron chi connectivity index (χ2n) is 8.01. The molecular weight excluding hydrogens is 344 g/mol. The molecule has 0 saturated carbocycles. The van der Waals surface area contributed by atoms with Gasteiger partial charge in [0.25, 0.3) is 5.91 Å². The molecule has 27 heavy (non-hydrogen) atoms. The largest absolute Gasteiger partial charge is 0.444 e. The maximum atomic E-state index is 13.1. The van der Waals surface area contributed by atoms with E-state index in [0.29, 0.717) is 26.2 Å². The Kier molecular flexibility index (Phi) is 5.89. The third-order valence-electron chi connectivity index (χ3n) is 4.81. The van der Waals surface area contributed by atoms with Gasteiger partial charge in [0.15, 0.2) is 0 Å². The van der Waals surface area contributed by atoms with Crippen LogP contribution in [0.2, 0.25) is 0 Å². The minimum absolute atomic E-state index is 0.0352. The molecule has 3 rings (SSSR count). The Morgan fingerprint density at radius 1 is 0.926 bits per heavy atom. The molecule has 0 aliphatic carbocycles. The summed E-state index contributed by atoms with van der Waals surface area (Å²) in [4.78, 5) is 31.1. The smallest absolute Gasteiger partial charge is 0.410 e. The minimum Gasteiger partial charge on any atom is -0.444 e. The third kappa shape index (κ3) is 4.91. The summed E-state index contributed by atoms with van der Waals surface area (Å²) in [5, 5.41) is 3.34. The topological polar surface area (TPSA) is 65.1 Å². The van der Waals surface area contributed by atoms with Crippen molar-refractivity contribution in [3.8, 4) is 0 Å². The van der Waals surface area contributed by atoms with Crippen molar-refractivity contribution in [2.45, 2.75) is 26.4 Å². The van der Waals surface area contributed by atoms with Crippen molar-refractivity contribution in [2.24, 2.45) is 0 Å². The van der Waals surface area contributed by atoms with Crippen LogP contribution in [0, 0.1) is 0 Å². The highest BCUT2D eigenvalue weighted by Gasteiger charge is 2.29. The molecule has 2 aliphatic heterocycles. The summed E-state index contributed by atoms with van der Waals surface area (Å²) in [6, 6.07) is 7.82. The molecule has 148 valence electrons. The Balaban J connectivity index is 1.64. The van der Waals surface area contributed by atoms with Crippen LogP contribution in [0.25, 0.3) is 0 Å². The Morgan fingerprint density at radius 2 is 1.52 bits per heavy atom. The lowest BCUT2D eigenvalue weighted by atomic mass is 10.1. The van der Waals surface area contributed by atoms with Gasteiger partial charge >= 0.3 is 6.09 Å². The van der Waals surface area contributed by atoms with E-state index in [1.54, 1.807) is 4.90 Å². The molecule has 0 bridgehead atoms. The molecule has 0 atom stereocenters. The summed E-state index contributed by atoms with van der Waals surface area (Å²) in [6.45, 7) is 11.3. The van der Waals surface area contributed by atoms with E-state index in [0.717, 1.165) is 37.4 Å². The summed E-state index contributed by atoms with van der Waals surface area (Å²) < 4.78 is 5.43. The fourth-order valence-electron chi connectivity index (χ4n) is 3.42. The van der Waals surface area contributed by atoms with Crippen LogP contribution in [0.5, 0.6) is 0 Å². The van der Waals surface area contributed by atoms with Gasteiger partial charge in [0.2, 0.25) is 0 Å². The number of piperazine rings is 2. The Bertz CT molecular complexity index is 672. The molecule has 7 nitrogen and oxygen atoms in total. The van der Waals surface area contributed by atoms with E-state index >= 15 is 0 Å². The van der Waals surface area contributed by atoms with Gasteiger partial charge in [-0.2, -0.15) is 0 Å². The van der Waals surface area contributed by atoms with Crippen molar-refractivity contribution < 1.29 is 14.3 Å². The van der Waals surface area contributed by atoms with Gasteiger partial charge in [-0.3, -0.25) is 4.79 Å². The molecule has 2 heterocycles. The first kappa shape index (κ1) is 19.5. The number of ether oxygens (including phenoxy) is 1. The lowest BCUT2D eigenvalue weighted by Crippen LogP contribution is -2.52. The van der Waals surface area contributed by atoms with Crippen LogP contribution < -0.4 is 10.2 Å². The van der Waals surface area contributed by atoms with E-state index < -0.39 is 5.60 Å². The Hall–Kier alpha value is -2.28. The highest BCUT2D eigenvalue weighted by atomic mass is 16.6. The fraction of sp³-hybridized carbons (Fsp3) is 0.600. The first-order chi connectivity index (χ1) is 12.8. The standard InChI is InChI=1S/C20H30N4O3/c1-20(2,3)27-19(26)24-14-12-23(13-15-24)18(25)16-6-4-5-7-17(16)22-10-8-21-9-11-22/h4-7,21H,8-15H2,1-3H3. The molecule has 0 unspecified atom stereocenters. The van der Waals surface area contributed by atoms with Gasteiger partial charge in [-0.05, 0) is 32.9 Å². The highest BCUT2D eigenvalue weighted by molar-refractivity contribution is 6.00. The molecule has 2 saturated heterocycles. The van der Waals surface area contributed by atoms with Crippen molar-refractivity contribution in [1.82, 2.24) is 15.1 Å². The normalized spacial score (nSPS) is 18.4. The van der Waals surface area contributed by atoms with Crippen molar-refractivity contribution in [3.63, 3.8) is 0 Å². The van der Waals surface area contributed by atoms with E-state index in [4.69, 9.17) is 4.74 Å². The molecule has 2 fully saturated rings. The van der Waals surface area contributed by atoms with E-state index in [9.17, 15) is 9.59 Å². The van der Waals surface area contributed by atoms with Gasteiger partial charge in [-0.1, -0.05) is 12.1 Å². The number of hydrogen-bond donors (Lipinski definition) is 1. The molecule has 0 spiro atoms. The Labute approximate surface area is 161 Å².